The minimum absolute atomic E-state index is 0.176. The molecule has 0 unspecified atom stereocenters. The zero-order valence-corrected chi connectivity index (χ0v) is 13.0. The second-order valence-corrected chi connectivity index (χ2v) is 8.26. The van der Waals surface area contributed by atoms with E-state index in [9.17, 15) is 5.11 Å². The van der Waals surface area contributed by atoms with Crippen LogP contribution in [0.15, 0.2) is 30.3 Å². The molecular formula is C16H26OS. The maximum atomic E-state index is 10.4. The van der Waals surface area contributed by atoms with Crippen LogP contribution in [-0.2, 0) is 6.42 Å². The molecule has 2 atom stereocenters. The molecule has 0 amide bonds. The van der Waals surface area contributed by atoms with Crippen LogP contribution >= 0.6 is 11.8 Å². The van der Waals surface area contributed by atoms with E-state index in [1.807, 2.05) is 17.8 Å². The van der Waals surface area contributed by atoms with Crippen molar-refractivity contribution in [1.29, 1.82) is 0 Å². The van der Waals surface area contributed by atoms with E-state index in [1.165, 1.54) is 5.56 Å². The van der Waals surface area contributed by atoms with Gasteiger partial charge < -0.3 is 5.11 Å². The highest BCUT2D eigenvalue weighted by atomic mass is 32.2. The van der Waals surface area contributed by atoms with Gasteiger partial charge in [0.1, 0.15) is 0 Å². The molecule has 1 nitrogen and oxygen atoms in total. The van der Waals surface area contributed by atoms with Gasteiger partial charge in [-0.3, -0.25) is 0 Å². The summed E-state index contributed by atoms with van der Waals surface area (Å²) in [6.07, 6.45) is 0.678. The van der Waals surface area contributed by atoms with Crippen LogP contribution in [0.1, 0.15) is 40.2 Å². The van der Waals surface area contributed by atoms with Crippen molar-refractivity contribution in [3.63, 3.8) is 0 Å². The quantitative estimate of drug-likeness (QED) is 0.864. The highest BCUT2D eigenvalue weighted by molar-refractivity contribution is 8.01. The van der Waals surface area contributed by atoms with Gasteiger partial charge in [0.05, 0.1) is 6.10 Å². The van der Waals surface area contributed by atoms with Crippen LogP contribution < -0.4 is 0 Å². The van der Waals surface area contributed by atoms with Gasteiger partial charge in [-0.05, 0) is 17.9 Å². The lowest BCUT2D eigenvalue weighted by atomic mass is 9.99. The van der Waals surface area contributed by atoms with Crippen LogP contribution in [-0.4, -0.2) is 21.2 Å². The van der Waals surface area contributed by atoms with E-state index in [0.29, 0.717) is 5.92 Å². The maximum absolute atomic E-state index is 10.4. The number of hydrogen-bond donors (Lipinski definition) is 1. The number of rotatable bonds is 5. The van der Waals surface area contributed by atoms with Crippen molar-refractivity contribution in [3.05, 3.63) is 35.9 Å². The summed E-state index contributed by atoms with van der Waals surface area (Å²) in [6.45, 7) is 10.8. The molecule has 18 heavy (non-hydrogen) atoms. The molecule has 2 heteroatoms. The monoisotopic (exact) mass is 266 g/mol. The largest absolute Gasteiger partial charge is 0.392 e. The first-order valence-electron chi connectivity index (χ1n) is 6.69. The smallest absolute Gasteiger partial charge is 0.0685 e. The predicted molar refractivity (Wildman–Crippen MR) is 82.1 cm³/mol. The fraction of sp³-hybridized carbons (Fsp3) is 0.625. The second kappa shape index (κ2) is 6.63. The van der Waals surface area contributed by atoms with Crippen LogP contribution in [0, 0.1) is 5.92 Å². The van der Waals surface area contributed by atoms with Crippen LogP contribution in [0.25, 0.3) is 0 Å². The van der Waals surface area contributed by atoms with Crippen molar-refractivity contribution < 1.29 is 5.11 Å². The number of thioether (sulfide) groups is 1. The maximum Gasteiger partial charge on any atom is 0.0685 e. The highest BCUT2D eigenvalue weighted by Crippen LogP contribution is 2.33. The molecule has 1 aromatic carbocycles. The molecule has 0 spiro atoms. The van der Waals surface area contributed by atoms with Gasteiger partial charge in [-0.25, -0.2) is 0 Å². The van der Waals surface area contributed by atoms with Crippen LogP contribution in [0.5, 0.6) is 0 Å². The molecule has 1 aromatic rings. The standard InChI is InChI=1S/C16H26OS/c1-12(2)15(17)14(18-16(3,4)5)11-13-9-7-6-8-10-13/h6-10,12,14-15,17H,11H2,1-5H3/t14-,15+/m0/s1. The summed E-state index contributed by atoms with van der Waals surface area (Å²) >= 11 is 1.88. The molecule has 0 aliphatic heterocycles. The van der Waals surface area contributed by atoms with Crippen molar-refractivity contribution in [2.24, 2.45) is 5.92 Å². The summed E-state index contributed by atoms with van der Waals surface area (Å²) in [5.74, 6) is 0.300. The van der Waals surface area contributed by atoms with Gasteiger partial charge in [-0.2, -0.15) is 0 Å². The molecule has 0 heterocycles. The molecule has 1 N–H and O–H groups in total. The van der Waals surface area contributed by atoms with E-state index in [0.717, 1.165) is 6.42 Å². The molecule has 0 saturated heterocycles. The van der Waals surface area contributed by atoms with Gasteiger partial charge in [0.2, 0.25) is 0 Å². The average molecular weight is 266 g/mol. The van der Waals surface area contributed by atoms with Crippen molar-refractivity contribution in [3.8, 4) is 0 Å². The van der Waals surface area contributed by atoms with E-state index in [4.69, 9.17) is 0 Å². The van der Waals surface area contributed by atoms with Gasteiger partial charge in [0.25, 0.3) is 0 Å². The Labute approximate surface area is 116 Å². The second-order valence-electron chi connectivity index (χ2n) is 6.19. The molecule has 0 bridgehead atoms. The lowest BCUT2D eigenvalue weighted by Gasteiger charge is -2.31. The van der Waals surface area contributed by atoms with E-state index in [-0.39, 0.29) is 16.1 Å². The Morgan fingerprint density at radius 1 is 1.11 bits per heavy atom. The Bertz CT molecular complexity index is 340. The summed E-state index contributed by atoms with van der Waals surface area (Å²) in [5.41, 5.74) is 1.30. The molecule has 1 rings (SSSR count). The lowest BCUT2D eigenvalue weighted by Crippen LogP contribution is -2.33. The predicted octanol–water partition coefficient (Wildman–Crippen LogP) is 4.15. The van der Waals surface area contributed by atoms with E-state index in [2.05, 4.69) is 58.9 Å². The molecule has 0 radical (unpaired) electrons. The fourth-order valence-corrected chi connectivity index (χ4v) is 3.60. The van der Waals surface area contributed by atoms with Crippen LogP contribution in [0.2, 0.25) is 0 Å². The van der Waals surface area contributed by atoms with Crippen molar-refractivity contribution in [2.75, 3.05) is 0 Å². The number of benzene rings is 1. The first-order valence-corrected chi connectivity index (χ1v) is 7.57. The summed E-state index contributed by atoms with van der Waals surface area (Å²) < 4.78 is 0.176. The Morgan fingerprint density at radius 3 is 2.11 bits per heavy atom. The molecule has 0 saturated carbocycles. The summed E-state index contributed by atoms with van der Waals surface area (Å²) in [6, 6.07) is 10.5. The Hall–Kier alpha value is -0.470. The van der Waals surface area contributed by atoms with E-state index in [1.54, 1.807) is 0 Å². The van der Waals surface area contributed by atoms with Crippen molar-refractivity contribution in [2.45, 2.75) is 57.1 Å². The SMILES string of the molecule is CC(C)[C@@H](O)[C@H](Cc1ccccc1)SC(C)(C)C. The Kier molecular flexibility index (Phi) is 5.74. The zero-order chi connectivity index (χ0) is 13.8. The van der Waals surface area contributed by atoms with E-state index < -0.39 is 0 Å². The van der Waals surface area contributed by atoms with Crippen LogP contribution in [0.3, 0.4) is 0 Å². The highest BCUT2D eigenvalue weighted by Gasteiger charge is 2.27. The minimum atomic E-state index is -0.255. The zero-order valence-electron chi connectivity index (χ0n) is 12.2. The van der Waals surface area contributed by atoms with Crippen molar-refractivity contribution in [1.82, 2.24) is 0 Å². The molecule has 0 aliphatic rings. The molecular weight excluding hydrogens is 240 g/mol. The first-order chi connectivity index (χ1) is 8.29. The topological polar surface area (TPSA) is 20.2 Å². The summed E-state index contributed by atoms with van der Waals surface area (Å²) in [4.78, 5) is 0. The minimum Gasteiger partial charge on any atom is -0.392 e. The van der Waals surface area contributed by atoms with Gasteiger partial charge in [0.15, 0.2) is 0 Å². The van der Waals surface area contributed by atoms with Crippen LogP contribution in [0.4, 0.5) is 0 Å². The third kappa shape index (κ3) is 5.45. The lowest BCUT2D eigenvalue weighted by molar-refractivity contribution is 0.122. The third-order valence-corrected chi connectivity index (χ3v) is 4.30. The molecule has 102 valence electrons. The summed E-state index contributed by atoms with van der Waals surface area (Å²) in [5, 5.41) is 10.6. The normalized spacial score (nSPS) is 15.7. The molecule has 0 aliphatic carbocycles. The third-order valence-electron chi connectivity index (χ3n) is 2.85. The van der Waals surface area contributed by atoms with Gasteiger partial charge in [0, 0.05) is 10.00 Å². The fourth-order valence-electron chi connectivity index (χ4n) is 1.96. The number of aliphatic hydroxyl groups is 1. The Morgan fingerprint density at radius 2 is 1.67 bits per heavy atom. The molecule has 0 fully saturated rings. The Balaban J connectivity index is 2.78. The van der Waals surface area contributed by atoms with Crippen molar-refractivity contribution >= 4 is 11.8 Å². The molecule has 0 aromatic heterocycles. The number of hydrogen-bond acceptors (Lipinski definition) is 2. The van der Waals surface area contributed by atoms with E-state index >= 15 is 0 Å². The average Bonchev–Trinajstić information content (AvgIpc) is 2.26. The number of aliphatic hydroxyl groups excluding tert-OH is 1. The first kappa shape index (κ1) is 15.6. The van der Waals surface area contributed by atoms with Gasteiger partial charge >= 0.3 is 0 Å². The van der Waals surface area contributed by atoms with Gasteiger partial charge in [-0.1, -0.05) is 65.0 Å². The summed E-state index contributed by atoms with van der Waals surface area (Å²) in [7, 11) is 0. The van der Waals surface area contributed by atoms with Gasteiger partial charge in [-0.15, -0.1) is 11.8 Å².